The molecule has 1 heterocycles. The Morgan fingerprint density at radius 3 is 1.48 bits per heavy atom. The molecule has 0 saturated heterocycles. The molecular formula is C32H37NO5S2. The van der Waals surface area contributed by atoms with Gasteiger partial charge in [0, 0.05) is 12.3 Å². The van der Waals surface area contributed by atoms with Gasteiger partial charge in [-0.2, -0.15) is 0 Å². The zero-order valence-corrected chi connectivity index (χ0v) is 25.7. The second-order valence-electron chi connectivity index (χ2n) is 11.1. The van der Waals surface area contributed by atoms with Crippen molar-refractivity contribution in [1.29, 1.82) is 0 Å². The van der Waals surface area contributed by atoms with Crippen LogP contribution in [0.5, 0.6) is 11.5 Å². The van der Waals surface area contributed by atoms with Crippen molar-refractivity contribution in [3.63, 3.8) is 0 Å². The minimum atomic E-state index is -4.27. The molecule has 0 aliphatic rings. The molecule has 0 aliphatic heterocycles. The average molecular weight is 580 g/mol. The smallest absolute Gasteiger partial charge is 0.258 e. The van der Waals surface area contributed by atoms with E-state index in [1.165, 1.54) is 21.9 Å². The lowest BCUT2D eigenvalue weighted by Crippen LogP contribution is -2.23. The van der Waals surface area contributed by atoms with E-state index in [1.54, 1.807) is 12.1 Å². The standard InChI is InChI=1S/C25H30NO2S.C7H8O3S/c1-24(2,3)27-19-10-14-21(15-11-19)29(23-9-7-8-18-26-23)22-16-12-20(13-17-22)28-25(4,5)6;1-6-2-4-7(5-3-6)11(8,9)10/h7-18H,1-6H3;2-5H,1H3,(H,8,9,10)/q+1;/p-1. The van der Waals surface area contributed by atoms with Gasteiger partial charge in [-0.1, -0.05) is 23.8 Å². The summed E-state index contributed by atoms with van der Waals surface area (Å²) in [6, 6.07) is 28.6. The number of benzene rings is 3. The van der Waals surface area contributed by atoms with E-state index < -0.39 is 10.1 Å². The fraction of sp³-hybridized carbons (Fsp3) is 0.281. The molecule has 1 aromatic heterocycles. The van der Waals surface area contributed by atoms with Crippen LogP contribution >= 0.6 is 0 Å². The van der Waals surface area contributed by atoms with Crippen LogP contribution in [0.1, 0.15) is 47.1 Å². The summed E-state index contributed by atoms with van der Waals surface area (Å²) in [5.74, 6) is 1.75. The molecule has 0 aliphatic carbocycles. The first-order valence-corrected chi connectivity index (χ1v) is 15.5. The first kappa shape index (κ1) is 31.2. The molecule has 0 unspecified atom stereocenters. The van der Waals surface area contributed by atoms with Crippen molar-refractivity contribution in [2.24, 2.45) is 0 Å². The molecule has 4 aromatic rings. The number of aromatic nitrogens is 1. The lowest BCUT2D eigenvalue weighted by atomic mass is 10.2. The maximum Gasteiger partial charge on any atom is 0.258 e. The van der Waals surface area contributed by atoms with Crippen molar-refractivity contribution in [3.8, 4) is 11.5 Å². The number of aryl methyl sites for hydroxylation is 1. The van der Waals surface area contributed by atoms with Crippen molar-refractivity contribution in [3.05, 3.63) is 103 Å². The van der Waals surface area contributed by atoms with Crippen LogP contribution in [0.15, 0.2) is 117 Å². The van der Waals surface area contributed by atoms with E-state index in [-0.39, 0.29) is 27.0 Å². The van der Waals surface area contributed by atoms with E-state index in [2.05, 4.69) is 76.9 Å². The van der Waals surface area contributed by atoms with Crippen LogP contribution in [-0.2, 0) is 21.0 Å². The van der Waals surface area contributed by atoms with Gasteiger partial charge in [0.25, 0.3) is 5.03 Å². The molecule has 0 spiro atoms. The minimum absolute atomic E-state index is 0.178. The first-order chi connectivity index (χ1) is 18.6. The number of ether oxygens (including phenoxy) is 2. The highest BCUT2D eigenvalue weighted by Gasteiger charge is 2.30. The van der Waals surface area contributed by atoms with E-state index in [4.69, 9.17) is 9.47 Å². The Balaban J connectivity index is 0.000000336. The minimum Gasteiger partial charge on any atom is -0.744 e. The van der Waals surface area contributed by atoms with Crippen LogP contribution in [0.4, 0.5) is 0 Å². The van der Waals surface area contributed by atoms with Crippen molar-refractivity contribution in [2.45, 2.75) is 79.4 Å². The predicted molar refractivity (Wildman–Crippen MR) is 159 cm³/mol. The lowest BCUT2D eigenvalue weighted by molar-refractivity contribution is 0.130. The van der Waals surface area contributed by atoms with Gasteiger partial charge in [0.15, 0.2) is 9.79 Å². The van der Waals surface area contributed by atoms with Crippen molar-refractivity contribution in [2.75, 3.05) is 0 Å². The highest BCUT2D eigenvalue weighted by atomic mass is 32.2. The summed E-state index contributed by atoms with van der Waals surface area (Å²) in [5.41, 5.74) is 0.498. The maximum absolute atomic E-state index is 10.4. The van der Waals surface area contributed by atoms with E-state index in [0.717, 1.165) is 22.1 Å². The molecule has 0 atom stereocenters. The van der Waals surface area contributed by atoms with E-state index >= 15 is 0 Å². The van der Waals surface area contributed by atoms with Gasteiger partial charge in [-0.25, -0.2) is 13.4 Å². The van der Waals surface area contributed by atoms with Crippen molar-refractivity contribution in [1.82, 2.24) is 4.98 Å². The molecule has 212 valence electrons. The van der Waals surface area contributed by atoms with Crippen LogP contribution in [0.3, 0.4) is 0 Å². The quantitative estimate of drug-likeness (QED) is 0.174. The highest BCUT2D eigenvalue weighted by molar-refractivity contribution is 7.97. The van der Waals surface area contributed by atoms with Gasteiger partial charge in [-0.3, -0.25) is 0 Å². The van der Waals surface area contributed by atoms with E-state index in [0.29, 0.717) is 0 Å². The fourth-order valence-corrected chi connectivity index (χ4v) is 5.97. The summed E-state index contributed by atoms with van der Waals surface area (Å²) < 4.78 is 43.1. The Morgan fingerprint density at radius 2 is 1.12 bits per heavy atom. The van der Waals surface area contributed by atoms with Crippen LogP contribution in [-0.4, -0.2) is 29.2 Å². The van der Waals surface area contributed by atoms with Crippen LogP contribution in [0.25, 0.3) is 0 Å². The van der Waals surface area contributed by atoms with Crippen LogP contribution < -0.4 is 9.47 Å². The molecule has 8 heteroatoms. The molecule has 0 bridgehead atoms. The third-order valence-corrected chi connectivity index (χ3v) is 8.12. The fourth-order valence-electron chi connectivity index (χ4n) is 3.54. The van der Waals surface area contributed by atoms with Crippen molar-refractivity contribution >= 4 is 21.0 Å². The first-order valence-electron chi connectivity index (χ1n) is 12.9. The number of rotatable bonds is 6. The highest BCUT2D eigenvalue weighted by Crippen LogP contribution is 2.33. The monoisotopic (exact) mass is 579 g/mol. The summed E-state index contributed by atoms with van der Waals surface area (Å²) in [7, 11) is -4.57. The molecular weight excluding hydrogens is 542 g/mol. The second kappa shape index (κ2) is 12.9. The van der Waals surface area contributed by atoms with E-state index in [9.17, 15) is 13.0 Å². The van der Waals surface area contributed by atoms with Crippen molar-refractivity contribution < 1.29 is 22.4 Å². The van der Waals surface area contributed by atoms with Gasteiger partial charge in [-0.05, 0) is 115 Å². The van der Waals surface area contributed by atoms with Gasteiger partial charge in [-0.15, -0.1) is 0 Å². The molecule has 6 nitrogen and oxygen atoms in total. The lowest BCUT2D eigenvalue weighted by Gasteiger charge is -2.21. The molecule has 0 N–H and O–H groups in total. The summed E-state index contributed by atoms with van der Waals surface area (Å²) in [6.07, 6.45) is 1.85. The summed E-state index contributed by atoms with van der Waals surface area (Å²) in [5, 5.41) is 1.04. The Bertz CT molecular complexity index is 1400. The topological polar surface area (TPSA) is 88.6 Å². The summed E-state index contributed by atoms with van der Waals surface area (Å²) in [4.78, 5) is 6.87. The maximum atomic E-state index is 10.4. The Labute approximate surface area is 241 Å². The third-order valence-electron chi connectivity index (χ3n) is 5.12. The molecule has 40 heavy (non-hydrogen) atoms. The largest absolute Gasteiger partial charge is 0.744 e. The second-order valence-corrected chi connectivity index (χ2v) is 14.5. The summed E-state index contributed by atoms with van der Waals surface area (Å²) >= 11 is 0. The zero-order chi connectivity index (χ0) is 29.6. The molecule has 4 rings (SSSR count). The van der Waals surface area contributed by atoms with Gasteiger partial charge in [0.05, 0.1) is 4.90 Å². The number of pyridine rings is 1. The Morgan fingerprint density at radius 1 is 0.675 bits per heavy atom. The van der Waals surface area contributed by atoms with Crippen LogP contribution in [0, 0.1) is 6.92 Å². The third kappa shape index (κ3) is 10.0. The summed E-state index contributed by atoms with van der Waals surface area (Å²) in [6.45, 7) is 14.2. The van der Waals surface area contributed by atoms with Crippen LogP contribution in [0.2, 0.25) is 0 Å². The average Bonchev–Trinajstić information content (AvgIpc) is 2.85. The molecule has 0 amide bonds. The molecule has 3 aromatic carbocycles. The number of nitrogens with zero attached hydrogens (tertiary/aromatic N) is 1. The van der Waals surface area contributed by atoms with Gasteiger partial charge in [0.2, 0.25) is 0 Å². The Hall–Kier alpha value is -3.33. The molecule has 0 radical (unpaired) electrons. The Kier molecular flexibility index (Phi) is 10.1. The van der Waals surface area contributed by atoms with E-state index in [1.807, 2.05) is 49.5 Å². The number of hydrogen-bond donors (Lipinski definition) is 0. The van der Waals surface area contributed by atoms with Gasteiger partial charge >= 0.3 is 0 Å². The SMILES string of the molecule is CC(C)(C)Oc1ccc([S+](c2ccc(OC(C)(C)C)cc2)c2ccccn2)cc1.Cc1ccc(S(=O)(=O)[O-])cc1. The predicted octanol–water partition coefficient (Wildman–Crippen LogP) is 7.43. The number of hydrogen-bond acceptors (Lipinski definition) is 6. The normalized spacial score (nSPS) is 11.9. The van der Waals surface area contributed by atoms with Gasteiger partial charge < -0.3 is 14.0 Å². The van der Waals surface area contributed by atoms with Gasteiger partial charge in [0.1, 0.15) is 43.7 Å². The zero-order valence-electron chi connectivity index (χ0n) is 24.0. The molecule has 0 saturated carbocycles. The molecule has 0 fully saturated rings.